The second kappa shape index (κ2) is 8.24. The van der Waals surface area contributed by atoms with Crippen molar-refractivity contribution in [3.63, 3.8) is 0 Å². The smallest absolute Gasteiger partial charge is 0.233 e. The number of carbonyl (C=O) groups excluding carboxylic acids is 3. The molecule has 7 heteroatoms. The number of nitrogens with zero attached hydrogens (tertiary/aromatic N) is 1. The van der Waals surface area contributed by atoms with Crippen molar-refractivity contribution in [1.29, 1.82) is 0 Å². The number of likely N-dealkylation sites (tertiary alicyclic amines) is 1. The molecule has 0 saturated carbocycles. The molecule has 7 nitrogen and oxygen atoms in total. The van der Waals surface area contributed by atoms with E-state index < -0.39 is 0 Å². The number of ether oxygens (including phenoxy) is 2. The lowest BCUT2D eigenvalue weighted by molar-refractivity contribution is -0.140. The molecule has 1 saturated heterocycles. The monoisotopic (exact) mass is 372 g/mol. The van der Waals surface area contributed by atoms with Gasteiger partial charge < -0.3 is 14.8 Å². The van der Waals surface area contributed by atoms with Crippen LogP contribution in [0.15, 0.2) is 30.4 Å². The van der Waals surface area contributed by atoms with Crippen molar-refractivity contribution in [1.82, 2.24) is 4.90 Å². The van der Waals surface area contributed by atoms with Gasteiger partial charge in [0.2, 0.25) is 17.7 Å². The molecule has 3 rings (SSSR count). The van der Waals surface area contributed by atoms with Crippen LogP contribution in [0, 0.1) is 11.8 Å². The molecule has 0 radical (unpaired) electrons. The highest BCUT2D eigenvalue weighted by molar-refractivity contribution is 6.05. The van der Waals surface area contributed by atoms with Gasteiger partial charge in [-0.3, -0.25) is 19.3 Å². The molecule has 2 atom stereocenters. The summed E-state index contributed by atoms with van der Waals surface area (Å²) in [6.45, 7) is 0.276. The Morgan fingerprint density at radius 1 is 1.11 bits per heavy atom. The van der Waals surface area contributed by atoms with E-state index in [1.165, 1.54) is 12.0 Å². The van der Waals surface area contributed by atoms with Gasteiger partial charge >= 0.3 is 0 Å². The van der Waals surface area contributed by atoms with Crippen molar-refractivity contribution in [2.24, 2.45) is 11.8 Å². The number of fused-ring (bicyclic) bond motifs is 1. The van der Waals surface area contributed by atoms with Crippen LogP contribution >= 0.6 is 0 Å². The standard InChI is InChI=1S/C20H24N2O5/c1-26-13-9-10-16(17(12-13)27-2)21-18(23)8-5-11-22-19(24)14-6-3-4-7-15(14)20(22)25/h3-4,9-10,12,14-15H,5-8,11H2,1-2H3,(H,21,23)/t14-,15-/m0/s1. The second-order valence-corrected chi connectivity index (χ2v) is 6.70. The zero-order valence-corrected chi connectivity index (χ0v) is 15.6. The van der Waals surface area contributed by atoms with E-state index >= 15 is 0 Å². The van der Waals surface area contributed by atoms with Crippen LogP contribution in [0.25, 0.3) is 0 Å². The van der Waals surface area contributed by atoms with E-state index in [1.54, 1.807) is 25.3 Å². The fourth-order valence-electron chi connectivity index (χ4n) is 3.60. The molecule has 2 aliphatic rings. The number of imide groups is 1. The molecule has 144 valence electrons. The van der Waals surface area contributed by atoms with Crippen molar-refractivity contribution >= 4 is 23.4 Å². The first-order chi connectivity index (χ1) is 13.0. The molecule has 1 aromatic rings. The third-order valence-corrected chi connectivity index (χ3v) is 5.07. The second-order valence-electron chi connectivity index (χ2n) is 6.70. The maximum absolute atomic E-state index is 12.4. The van der Waals surface area contributed by atoms with Crippen LogP contribution in [-0.4, -0.2) is 43.4 Å². The summed E-state index contributed by atoms with van der Waals surface area (Å²) in [5.41, 5.74) is 0.550. The van der Waals surface area contributed by atoms with Crippen LogP contribution in [0.1, 0.15) is 25.7 Å². The van der Waals surface area contributed by atoms with Crippen molar-refractivity contribution in [2.75, 3.05) is 26.1 Å². The number of amides is 3. The highest BCUT2D eigenvalue weighted by Gasteiger charge is 2.46. The van der Waals surface area contributed by atoms with Gasteiger partial charge in [-0.25, -0.2) is 0 Å². The van der Waals surface area contributed by atoms with Crippen LogP contribution in [-0.2, 0) is 14.4 Å². The molecular weight excluding hydrogens is 348 g/mol. The highest BCUT2D eigenvalue weighted by atomic mass is 16.5. The minimum atomic E-state index is -0.222. The average Bonchev–Trinajstić information content (AvgIpc) is 2.93. The zero-order valence-electron chi connectivity index (χ0n) is 15.6. The van der Waals surface area contributed by atoms with E-state index in [-0.39, 0.29) is 42.5 Å². The van der Waals surface area contributed by atoms with Crippen LogP contribution < -0.4 is 14.8 Å². The molecule has 1 aliphatic carbocycles. The maximum Gasteiger partial charge on any atom is 0.233 e. The third-order valence-electron chi connectivity index (χ3n) is 5.07. The molecule has 0 aromatic heterocycles. The van der Waals surface area contributed by atoms with E-state index in [2.05, 4.69) is 5.32 Å². The van der Waals surface area contributed by atoms with Crippen molar-refractivity contribution < 1.29 is 23.9 Å². The van der Waals surface area contributed by atoms with Gasteiger partial charge in [-0.15, -0.1) is 0 Å². The normalized spacial score (nSPS) is 21.2. The number of anilines is 1. The van der Waals surface area contributed by atoms with Crippen LogP contribution in [0.5, 0.6) is 11.5 Å². The fourth-order valence-corrected chi connectivity index (χ4v) is 3.60. The summed E-state index contributed by atoms with van der Waals surface area (Å²) in [5.74, 6) is 0.283. The van der Waals surface area contributed by atoms with Gasteiger partial charge in [-0.1, -0.05) is 12.2 Å². The van der Waals surface area contributed by atoms with E-state index in [0.717, 1.165) is 0 Å². The number of hydrogen-bond donors (Lipinski definition) is 1. The zero-order chi connectivity index (χ0) is 19.4. The summed E-state index contributed by atoms with van der Waals surface area (Å²) >= 11 is 0. The number of rotatable bonds is 7. The largest absolute Gasteiger partial charge is 0.497 e. The lowest BCUT2D eigenvalue weighted by Crippen LogP contribution is -2.32. The number of methoxy groups -OCH3 is 2. The van der Waals surface area contributed by atoms with Crippen LogP contribution in [0.3, 0.4) is 0 Å². The fraction of sp³-hybridized carbons (Fsp3) is 0.450. The van der Waals surface area contributed by atoms with Crippen molar-refractivity contribution in [3.05, 3.63) is 30.4 Å². The molecule has 0 bridgehead atoms. The van der Waals surface area contributed by atoms with Gasteiger partial charge in [-0.05, 0) is 31.4 Å². The lowest BCUT2D eigenvalue weighted by Gasteiger charge is -2.15. The summed E-state index contributed by atoms with van der Waals surface area (Å²) in [4.78, 5) is 38.4. The molecule has 1 aliphatic heterocycles. The Hall–Kier alpha value is -2.83. The quantitative estimate of drug-likeness (QED) is 0.587. The number of allylic oxidation sites excluding steroid dienone is 2. The molecule has 1 fully saturated rings. The summed E-state index contributed by atoms with van der Waals surface area (Å²) in [6.07, 6.45) is 5.82. The summed E-state index contributed by atoms with van der Waals surface area (Å²) in [6, 6.07) is 5.13. The Morgan fingerprint density at radius 3 is 2.37 bits per heavy atom. The maximum atomic E-state index is 12.4. The molecule has 1 N–H and O–H groups in total. The van der Waals surface area contributed by atoms with Gasteiger partial charge in [0.1, 0.15) is 11.5 Å². The molecule has 0 unspecified atom stereocenters. The number of carbonyl (C=O) groups is 3. The van der Waals surface area contributed by atoms with E-state index in [1.807, 2.05) is 12.2 Å². The van der Waals surface area contributed by atoms with Crippen molar-refractivity contribution in [3.8, 4) is 11.5 Å². The van der Waals surface area contributed by atoms with Gasteiger partial charge in [0.05, 0.1) is 31.7 Å². The van der Waals surface area contributed by atoms with Gasteiger partial charge in [0, 0.05) is 19.0 Å². The predicted octanol–water partition coefficient (Wildman–Crippen LogP) is 2.37. The average molecular weight is 372 g/mol. The Bertz CT molecular complexity index is 748. The first-order valence-corrected chi connectivity index (χ1v) is 9.07. The van der Waals surface area contributed by atoms with Crippen LogP contribution in [0.2, 0.25) is 0 Å². The molecule has 0 spiro atoms. The Kier molecular flexibility index (Phi) is 5.78. The SMILES string of the molecule is COc1ccc(NC(=O)CCCN2C(=O)[C@H]3CC=CC[C@@H]3C2=O)c(OC)c1. The molecule has 3 amide bonds. The number of benzene rings is 1. The summed E-state index contributed by atoms with van der Waals surface area (Å²) in [5, 5.41) is 2.79. The van der Waals surface area contributed by atoms with Gasteiger partial charge in [0.15, 0.2) is 0 Å². The Morgan fingerprint density at radius 2 is 1.78 bits per heavy atom. The minimum Gasteiger partial charge on any atom is -0.497 e. The lowest BCUT2D eigenvalue weighted by atomic mass is 9.85. The number of hydrogen-bond acceptors (Lipinski definition) is 5. The molecule has 1 heterocycles. The first kappa shape index (κ1) is 18.9. The van der Waals surface area contributed by atoms with Crippen LogP contribution in [0.4, 0.5) is 5.69 Å². The molecule has 27 heavy (non-hydrogen) atoms. The van der Waals surface area contributed by atoms with Gasteiger partial charge in [0.25, 0.3) is 0 Å². The summed E-state index contributed by atoms with van der Waals surface area (Å²) < 4.78 is 10.4. The highest BCUT2D eigenvalue weighted by Crippen LogP contribution is 2.35. The van der Waals surface area contributed by atoms with E-state index in [0.29, 0.717) is 36.4 Å². The molecule has 1 aromatic carbocycles. The Balaban J connectivity index is 1.52. The number of nitrogens with one attached hydrogen (secondary N) is 1. The van der Waals surface area contributed by atoms with E-state index in [9.17, 15) is 14.4 Å². The Labute approximate surface area is 158 Å². The van der Waals surface area contributed by atoms with Gasteiger partial charge in [-0.2, -0.15) is 0 Å². The molecular formula is C20H24N2O5. The predicted molar refractivity (Wildman–Crippen MR) is 99.5 cm³/mol. The minimum absolute atomic E-state index is 0.105. The van der Waals surface area contributed by atoms with E-state index in [4.69, 9.17) is 9.47 Å². The third kappa shape index (κ3) is 3.97. The van der Waals surface area contributed by atoms with Crippen molar-refractivity contribution in [2.45, 2.75) is 25.7 Å². The first-order valence-electron chi connectivity index (χ1n) is 9.07. The summed E-state index contributed by atoms with van der Waals surface area (Å²) in [7, 11) is 3.07. The topological polar surface area (TPSA) is 84.9 Å².